The molecule has 0 saturated carbocycles. The van der Waals surface area contributed by atoms with Crippen LogP contribution in [0.25, 0.3) is 0 Å². The Labute approximate surface area is 161 Å². The molecular formula is C16H28N2O10. The second kappa shape index (κ2) is 9.89. The molecule has 0 aromatic heterocycles. The normalized spacial score (nSPS) is 41.3. The van der Waals surface area contributed by atoms with Crippen LogP contribution in [0, 0.1) is 0 Å². The third-order valence-electron chi connectivity index (χ3n) is 4.72. The van der Waals surface area contributed by atoms with E-state index in [0.717, 1.165) is 0 Å². The van der Waals surface area contributed by atoms with Crippen LogP contribution in [-0.4, -0.2) is 112 Å². The molecule has 2 aliphatic rings. The third-order valence-corrected chi connectivity index (χ3v) is 4.72. The molecule has 0 aliphatic carbocycles. The van der Waals surface area contributed by atoms with Gasteiger partial charge >= 0.3 is 0 Å². The minimum absolute atomic E-state index is 0.0624. The van der Waals surface area contributed by atoms with Gasteiger partial charge in [-0.15, -0.1) is 0 Å². The van der Waals surface area contributed by atoms with Crippen molar-refractivity contribution in [2.24, 2.45) is 0 Å². The van der Waals surface area contributed by atoms with Gasteiger partial charge in [-0.3, -0.25) is 9.59 Å². The first-order valence-electron chi connectivity index (χ1n) is 8.92. The SMILES string of the molecule is CC(=O)N[C@H]1[C@H](O[C@H]2[C@H](O)[C@@H](NC(C)=O)CO[C@@H]2CO)O[C@H](CO)[C@@H](O)[C@@H]1O. The van der Waals surface area contributed by atoms with E-state index in [1.54, 1.807) is 0 Å². The Morgan fingerprint density at radius 1 is 0.964 bits per heavy atom. The number of aliphatic hydroxyl groups is 5. The van der Waals surface area contributed by atoms with E-state index in [4.69, 9.17) is 14.2 Å². The molecule has 0 unspecified atom stereocenters. The average molecular weight is 408 g/mol. The highest BCUT2D eigenvalue weighted by molar-refractivity contribution is 5.73. The van der Waals surface area contributed by atoms with Crippen molar-refractivity contribution < 1.29 is 49.3 Å². The van der Waals surface area contributed by atoms with E-state index in [2.05, 4.69) is 10.6 Å². The largest absolute Gasteiger partial charge is 0.394 e. The average Bonchev–Trinajstić information content (AvgIpc) is 2.63. The molecule has 7 N–H and O–H groups in total. The molecular weight excluding hydrogens is 380 g/mol. The molecule has 0 bridgehead atoms. The fourth-order valence-electron chi connectivity index (χ4n) is 3.32. The number of ether oxygens (including phenoxy) is 3. The smallest absolute Gasteiger partial charge is 0.217 e. The van der Waals surface area contributed by atoms with Gasteiger partial charge in [0.05, 0.1) is 25.9 Å². The van der Waals surface area contributed by atoms with Gasteiger partial charge in [-0.2, -0.15) is 0 Å². The molecule has 0 aromatic carbocycles. The highest BCUT2D eigenvalue weighted by atomic mass is 16.7. The zero-order chi connectivity index (χ0) is 21.0. The molecule has 0 aromatic rings. The van der Waals surface area contributed by atoms with Gasteiger partial charge in [-0.05, 0) is 0 Å². The van der Waals surface area contributed by atoms with E-state index < -0.39 is 80.0 Å². The van der Waals surface area contributed by atoms with Gasteiger partial charge in [0, 0.05) is 13.8 Å². The highest BCUT2D eigenvalue weighted by Crippen LogP contribution is 2.27. The summed E-state index contributed by atoms with van der Waals surface area (Å²) in [6, 6.07) is -2.04. The van der Waals surface area contributed by atoms with Gasteiger partial charge < -0.3 is 50.4 Å². The fraction of sp³-hybridized carbons (Fsp3) is 0.875. The lowest BCUT2D eigenvalue weighted by Gasteiger charge is -2.46. The molecule has 0 spiro atoms. The van der Waals surface area contributed by atoms with Crippen molar-refractivity contribution in [1.82, 2.24) is 10.6 Å². The molecule has 162 valence electrons. The monoisotopic (exact) mass is 408 g/mol. The lowest BCUT2D eigenvalue weighted by Crippen LogP contribution is -2.67. The van der Waals surface area contributed by atoms with E-state index in [1.807, 2.05) is 0 Å². The Morgan fingerprint density at radius 2 is 1.57 bits per heavy atom. The summed E-state index contributed by atoms with van der Waals surface area (Å²) in [4.78, 5) is 22.8. The molecule has 12 heteroatoms. The third kappa shape index (κ3) is 5.15. The summed E-state index contributed by atoms with van der Waals surface area (Å²) in [7, 11) is 0. The van der Waals surface area contributed by atoms with Gasteiger partial charge in [-0.25, -0.2) is 0 Å². The summed E-state index contributed by atoms with van der Waals surface area (Å²) in [6.07, 6.45) is -9.07. The lowest BCUT2D eigenvalue weighted by molar-refractivity contribution is -0.309. The highest BCUT2D eigenvalue weighted by Gasteiger charge is 2.49. The van der Waals surface area contributed by atoms with Gasteiger partial charge in [0.1, 0.15) is 42.7 Å². The van der Waals surface area contributed by atoms with E-state index in [1.165, 1.54) is 13.8 Å². The maximum Gasteiger partial charge on any atom is 0.217 e. The van der Waals surface area contributed by atoms with Crippen LogP contribution in [0.5, 0.6) is 0 Å². The summed E-state index contributed by atoms with van der Waals surface area (Å²) in [5.74, 6) is -0.941. The maximum absolute atomic E-state index is 11.5. The molecule has 2 rings (SSSR count). The van der Waals surface area contributed by atoms with Crippen LogP contribution < -0.4 is 10.6 Å². The second-order valence-corrected chi connectivity index (χ2v) is 6.89. The first kappa shape index (κ1) is 22.9. The molecule has 2 saturated heterocycles. The number of hydrogen-bond acceptors (Lipinski definition) is 10. The van der Waals surface area contributed by atoms with Gasteiger partial charge in [-0.1, -0.05) is 0 Å². The number of carbonyl (C=O) groups is 2. The molecule has 0 radical (unpaired) electrons. The maximum atomic E-state index is 11.5. The Balaban J connectivity index is 2.22. The van der Waals surface area contributed by atoms with Gasteiger partial charge in [0.2, 0.25) is 11.8 Å². The predicted octanol–water partition coefficient (Wildman–Crippen LogP) is -4.43. The number of carbonyl (C=O) groups excluding carboxylic acids is 2. The second-order valence-electron chi connectivity index (χ2n) is 6.89. The van der Waals surface area contributed by atoms with Crippen molar-refractivity contribution in [3.8, 4) is 0 Å². The first-order valence-corrected chi connectivity index (χ1v) is 8.92. The number of hydrogen-bond donors (Lipinski definition) is 7. The van der Waals surface area contributed by atoms with Crippen molar-refractivity contribution >= 4 is 11.8 Å². The van der Waals surface area contributed by atoms with Crippen molar-refractivity contribution in [1.29, 1.82) is 0 Å². The van der Waals surface area contributed by atoms with E-state index in [9.17, 15) is 35.1 Å². The summed E-state index contributed by atoms with van der Waals surface area (Å²) in [5, 5.41) is 54.7. The van der Waals surface area contributed by atoms with E-state index in [-0.39, 0.29) is 6.61 Å². The number of aliphatic hydroxyl groups excluding tert-OH is 5. The molecule has 2 heterocycles. The van der Waals surface area contributed by atoms with Gasteiger partial charge in [0.25, 0.3) is 0 Å². The number of amides is 2. The van der Waals surface area contributed by atoms with Crippen LogP contribution in [0.15, 0.2) is 0 Å². The predicted molar refractivity (Wildman–Crippen MR) is 90.7 cm³/mol. The molecule has 2 amide bonds. The summed E-state index contributed by atoms with van der Waals surface area (Å²) >= 11 is 0. The summed E-state index contributed by atoms with van der Waals surface area (Å²) < 4.78 is 16.6. The van der Waals surface area contributed by atoms with E-state index >= 15 is 0 Å². The van der Waals surface area contributed by atoms with Crippen molar-refractivity contribution in [2.45, 2.75) is 68.8 Å². The van der Waals surface area contributed by atoms with Crippen molar-refractivity contribution in [3.05, 3.63) is 0 Å². The molecule has 12 nitrogen and oxygen atoms in total. The van der Waals surface area contributed by atoms with Crippen LogP contribution in [-0.2, 0) is 23.8 Å². The summed E-state index contributed by atoms with van der Waals surface area (Å²) in [6.45, 7) is 1.25. The van der Waals surface area contributed by atoms with Crippen LogP contribution in [0.2, 0.25) is 0 Å². The first-order chi connectivity index (χ1) is 13.2. The van der Waals surface area contributed by atoms with E-state index in [0.29, 0.717) is 0 Å². The number of nitrogens with one attached hydrogen (secondary N) is 2. The quantitative estimate of drug-likeness (QED) is 0.226. The zero-order valence-corrected chi connectivity index (χ0v) is 15.6. The molecule has 2 aliphatic heterocycles. The summed E-state index contributed by atoms with van der Waals surface area (Å²) in [5.41, 5.74) is 0. The van der Waals surface area contributed by atoms with Crippen molar-refractivity contribution in [2.75, 3.05) is 19.8 Å². The Bertz CT molecular complexity index is 550. The molecule has 2 fully saturated rings. The standard InChI is InChI=1S/C16H28N2O10/c1-6(21)17-8-5-26-10(4-20)15(12(8)23)28-16-11(18-7(2)22)14(25)13(24)9(3-19)27-16/h8-16,19-20,23-25H,3-5H2,1-2H3,(H,17,21)(H,18,22)/t8-,9+,10+,11+,12+,13+,14+,15+,16-/m0/s1. The Hall–Kier alpha value is -1.38. The topological polar surface area (TPSA) is 187 Å². The number of rotatable bonds is 6. The Morgan fingerprint density at radius 3 is 2.11 bits per heavy atom. The van der Waals surface area contributed by atoms with Crippen LogP contribution in [0.4, 0.5) is 0 Å². The molecule has 28 heavy (non-hydrogen) atoms. The zero-order valence-electron chi connectivity index (χ0n) is 15.6. The molecule has 9 atom stereocenters. The van der Waals surface area contributed by atoms with Crippen LogP contribution in [0.3, 0.4) is 0 Å². The van der Waals surface area contributed by atoms with Crippen LogP contribution >= 0.6 is 0 Å². The minimum Gasteiger partial charge on any atom is -0.394 e. The Kier molecular flexibility index (Phi) is 8.09. The minimum atomic E-state index is -1.53. The van der Waals surface area contributed by atoms with Crippen molar-refractivity contribution in [3.63, 3.8) is 0 Å². The van der Waals surface area contributed by atoms with Crippen LogP contribution in [0.1, 0.15) is 13.8 Å². The lowest BCUT2D eigenvalue weighted by atomic mass is 9.95. The fourth-order valence-corrected chi connectivity index (χ4v) is 3.32. The van der Waals surface area contributed by atoms with Gasteiger partial charge in [0.15, 0.2) is 6.29 Å².